The SMILES string of the molecule is Cn1c(-c2cc(Cl)c3c(c2)OCCO3)nc2ccncc21. The van der Waals surface area contributed by atoms with Gasteiger partial charge in [0, 0.05) is 18.8 Å². The molecule has 21 heavy (non-hydrogen) atoms. The zero-order valence-electron chi connectivity index (χ0n) is 11.3. The second-order valence-corrected chi connectivity index (χ2v) is 5.25. The van der Waals surface area contributed by atoms with E-state index in [1.165, 1.54) is 0 Å². The van der Waals surface area contributed by atoms with Gasteiger partial charge in [0.15, 0.2) is 11.5 Å². The highest BCUT2D eigenvalue weighted by Crippen LogP contribution is 2.41. The molecule has 6 heteroatoms. The third-order valence-electron chi connectivity index (χ3n) is 3.54. The number of halogens is 1. The summed E-state index contributed by atoms with van der Waals surface area (Å²) in [6.07, 6.45) is 3.53. The summed E-state index contributed by atoms with van der Waals surface area (Å²) in [5.74, 6) is 2.08. The van der Waals surface area contributed by atoms with Crippen LogP contribution in [0.1, 0.15) is 0 Å². The Bertz CT molecular complexity index is 844. The monoisotopic (exact) mass is 301 g/mol. The molecule has 0 saturated heterocycles. The van der Waals surface area contributed by atoms with Crippen LogP contribution < -0.4 is 9.47 Å². The molecule has 0 saturated carbocycles. The lowest BCUT2D eigenvalue weighted by molar-refractivity contribution is 0.172. The maximum absolute atomic E-state index is 6.29. The summed E-state index contributed by atoms with van der Waals surface area (Å²) < 4.78 is 13.2. The summed E-state index contributed by atoms with van der Waals surface area (Å²) in [6.45, 7) is 1.04. The van der Waals surface area contributed by atoms with Gasteiger partial charge in [-0.25, -0.2) is 4.98 Å². The minimum absolute atomic E-state index is 0.518. The van der Waals surface area contributed by atoms with Crippen molar-refractivity contribution in [3.8, 4) is 22.9 Å². The number of aromatic nitrogens is 3. The summed E-state index contributed by atoms with van der Waals surface area (Å²) in [7, 11) is 1.96. The van der Waals surface area contributed by atoms with Crippen LogP contribution in [-0.2, 0) is 7.05 Å². The zero-order valence-corrected chi connectivity index (χ0v) is 12.1. The highest BCUT2D eigenvalue weighted by atomic mass is 35.5. The first-order chi connectivity index (χ1) is 10.2. The topological polar surface area (TPSA) is 49.2 Å². The normalized spacial score (nSPS) is 13.6. The number of hydrogen-bond donors (Lipinski definition) is 0. The van der Waals surface area contributed by atoms with Crippen LogP contribution in [-0.4, -0.2) is 27.7 Å². The van der Waals surface area contributed by atoms with E-state index in [0.717, 1.165) is 22.4 Å². The summed E-state index contributed by atoms with van der Waals surface area (Å²) in [5.41, 5.74) is 2.76. The molecule has 0 bridgehead atoms. The van der Waals surface area contributed by atoms with Gasteiger partial charge in [-0.1, -0.05) is 11.6 Å². The number of benzene rings is 1. The van der Waals surface area contributed by atoms with E-state index in [1.807, 2.05) is 29.8 Å². The molecule has 106 valence electrons. The Kier molecular flexibility index (Phi) is 2.75. The second-order valence-electron chi connectivity index (χ2n) is 4.84. The Morgan fingerprint density at radius 3 is 2.95 bits per heavy atom. The molecular weight excluding hydrogens is 290 g/mol. The molecule has 0 fully saturated rings. The predicted octanol–water partition coefficient (Wildman–Crippen LogP) is 3.06. The van der Waals surface area contributed by atoms with Crippen LogP contribution in [0.5, 0.6) is 11.5 Å². The molecule has 4 rings (SSSR count). The van der Waals surface area contributed by atoms with Crippen molar-refractivity contribution in [3.05, 3.63) is 35.6 Å². The summed E-state index contributed by atoms with van der Waals surface area (Å²) >= 11 is 6.29. The van der Waals surface area contributed by atoms with E-state index in [9.17, 15) is 0 Å². The molecule has 0 atom stereocenters. The van der Waals surface area contributed by atoms with Crippen molar-refractivity contribution in [2.24, 2.45) is 7.05 Å². The molecule has 0 unspecified atom stereocenters. The van der Waals surface area contributed by atoms with E-state index in [4.69, 9.17) is 21.1 Å². The van der Waals surface area contributed by atoms with Gasteiger partial charge in [0.2, 0.25) is 0 Å². The van der Waals surface area contributed by atoms with E-state index < -0.39 is 0 Å². The van der Waals surface area contributed by atoms with Gasteiger partial charge in [0.25, 0.3) is 0 Å². The highest BCUT2D eigenvalue weighted by molar-refractivity contribution is 6.32. The van der Waals surface area contributed by atoms with E-state index in [0.29, 0.717) is 29.7 Å². The molecule has 0 spiro atoms. The Morgan fingerprint density at radius 1 is 1.24 bits per heavy atom. The number of imidazole rings is 1. The molecule has 0 aliphatic carbocycles. The highest BCUT2D eigenvalue weighted by Gasteiger charge is 2.19. The summed E-state index contributed by atoms with van der Waals surface area (Å²) in [4.78, 5) is 8.78. The largest absolute Gasteiger partial charge is 0.486 e. The van der Waals surface area contributed by atoms with Gasteiger partial charge in [0.05, 0.1) is 22.3 Å². The fourth-order valence-corrected chi connectivity index (χ4v) is 2.80. The average molecular weight is 302 g/mol. The fraction of sp³-hybridized carbons (Fsp3) is 0.200. The smallest absolute Gasteiger partial charge is 0.179 e. The number of pyridine rings is 1. The lowest BCUT2D eigenvalue weighted by atomic mass is 10.2. The van der Waals surface area contributed by atoms with Gasteiger partial charge in [-0.3, -0.25) is 4.98 Å². The second kappa shape index (κ2) is 4.63. The number of fused-ring (bicyclic) bond motifs is 2. The number of aryl methyl sites for hydroxylation is 1. The molecule has 1 aromatic carbocycles. The van der Waals surface area contributed by atoms with Gasteiger partial charge in [-0.05, 0) is 18.2 Å². The average Bonchev–Trinajstić information content (AvgIpc) is 2.85. The van der Waals surface area contributed by atoms with Gasteiger partial charge in [-0.2, -0.15) is 0 Å². The van der Waals surface area contributed by atoms with Gasteiger partial charge >= 0.3 is 0 Å². The lowest BCUT2D eigenvalue weighted by Crippen LogP contribution is -2.15. The standard InChI is InChI=1S/C15H12ClN3O2/c1-19-12-8-17-3-2-11(12)18-15(19)9-6-10(16)14-13(7-9)20-4-5-21-14/h2-3,6-8H,4-5H2,1H3. The molecule has 3 aromatic rings. The van der Waals surface area contributed by atoms with Crippen LogP contribution >= 0.6 is 11.6 Å². The van der Waals surface area contributed by atoms with Crippen LogP contribution in [0.2, 0.25) is 5.02 Å². The first-order valence-electron chi connectivity index (χ1n) is 6.60. The van der Waals surface area contributed by atoms with Crippen LogP contribution in [0, 0.1) is 0 Å². The predicted molar refractivity (Wildman–Crippen MR) is 79.9 cm³/mol. The number of rotatable bonds is 1. The van der Waals surface area contributed by atoms with E-state index in [2.05, 4.69) is 9.97 Å². The molecule has 5 nitrogen and oxygen atoms in total. The molecule has 1 aliphatic rings. The number of nitrogens with zero attached hydrogens (tertiary/aromatic N) is 3. The van der Waals surface area contributed by atoms with E-state index in [-0.39, 0.29) is 0 Å². The maximum atomic E-state index is 6.29. The Balaban J connectivity index is 1.92. The minimum Gasteiger partial charge on any atom is -0.486 e. The molecule has 1 aliphatic heterocycles. The molecule has 0 radical (unpaired) electrons. The maximum Gasteiger partial charge on any atom is 0.179 e. The van der Waals surface area contributed by atoms with Crippen molar-refractivity contribution in [2.75, 3.05) is 13.2 Å². The Labute approximate surface area is 126 Å². The van der Waals surface area contributed by atoms with Gasteiger partial charge in [0.1, 0.15) is 19.0 Å². The van der Waals surface area contributed by atoms with E-state index >= 15 is 0 Å². The third-order valence-corrected chi connectivity index (χ3v) is 3.82. The molecule has 0 N–H and O–H groups in total. The number of hydrogen-bond acceptors (Lipinski definition) is 4. The fourth-order valence-electron chi connectivity index (χ4n) is 2.53. The van der Waals surface area contributed by atoms with Crippen molar-refractivity contribution in [1.29, 1.82) is 0 Å². The van der Waals surface area contributed by atoms with Crippen LogP contribution in [0.4, 0.5) is 0 Å². The Hall–Kier alpha value is -2.27. The minimum atomic E-state index is 0.518. The Morgan fingerprint density at radius 2 is 2.10 bits per heavy atom. The third kappa shape index (κ3) is 1.93. The molecule has 3 heterocycles. The van der Waals surface area contributed by atoms with Crippen LogP contribution in [0.25, 0.3) is 22.4 Å². The quantitative estimate of drug-likeness (QED) is 0.693. The van der Waals surface area contributed by atoms with Crippen LogP contribution in [0.15, 0.2) is 30.6 Å². The number of ether oxygens (including phenoxy) is 2. The molecular formula is C15H12ClN3O2. The first-order valence-corrected chi connectivity index (χ1v) is 6.98. The van der Waals surface area contributed by atoms with Gasteiger partial charge < -0.3 is 14.0 Å². The first kappa shape index (κ1) is 12.5. The van der Waals surface area contributed by atoms with Crippen molar-refractivity contribution in [1.82, 2.24) is 14.5 Å². The molecule has 2 aromatic heterocycles. The van der Waals surface area contributed by atoms with Crippen LogP contribution in [0.3, 0.4) is 0 Å². The van der Waals surface area contributed by atoms with Crippen molar-refractivity contribution in [3.63, 3.8) is 0 Å². The lowest BCUT2D eigenvalue weighted by Gasteiger charge is -2.20. The summed E-state index contributed by atoms with van der Waals surface area (Å²) in [5, 5.41) is 0.535. The van der Waals surface area contributed by atoms with Gasteiger partial charge in [-0.15, -0.1) is 0 Å². The molecule has 0 amide bonds. The zero-order chi connectivity index (χ0) is 14.4. The summed E-state index contributed by atoms with van der Waals surface area (Å²) in [6, 6.07) is 5.65. The van der Waals surface area contributed by atoms with Crippen molar-refractivity contribution < 1.29 is 9.47 Å². The van der Waals surface area contributed by atoms with Crippen molar-refractivity contribution >= 4 is 22.6 Å². The van der Waals surface area contributed by atoms with E-state index in [1.54, 1.807) is 12.4 Å². The van der Waals surface area contributed by atoms with Crippen molar-refractivity contribution in [2.45, 2.75) is 0 Å².